The lowest BCUT2D eigenvalue weighted by molar-refractivity contribution is -0.165. The number of hydrogen-bond donors (Lipinski definition) is 6. The molecule has 6 N–H and O–H groups in total. The molecule has 0 saturated carbocycles. The van der Waals surface area contributed by atoms with Gasteiger partial charge in [-0.2, -0.15) is 0 Å². The van der Waals surface area contributed by atoms with Crippen LogP contribution in [0.4, 0.5) is 10.2 Å². The fraction of sp³-hybridized carbons (Fsp3) is 0.185. The second-order valence-electron chi connectivity index (χ2n) is 8.67. The molecule has 0 saturated heterocycles. The van der Waals surface area contributed by atoms with Crippen LogP contribution in [0.5, 0.6) is 0 Å². The summed E-state index contributed by atoms with van der Waals surface area (Å²) in [4.78, 5) is 48.7. The van der Waals surface area contributed by atoms with E-state index in [9.17, 15) is 18.8 Å². The Bertz CT molecular complexity index is 1750. The average Bonchev–Trinajstić information content (AvgIpc) is 3.45. The summed E-state index contributed by atoms with van der Waals surface area (Å²) < 4.78 is 20.3. The summed E-state index contributed by atoms with van der Waals surface area (Å²) in [7, 11) is 0. The quantitative estimate of drug-likeness (QED) is 0.160. The van der Waals surface area contributed by atoms with Crippen molar-refractivity contribution in [2.24, 2.45) is 0 Å². The molecule has 0 radical (unpaired) electrons. The Balaban J connectivity index is 0.000000334. The lowest BCUT2D eigenvalue weighted by atomic mass is 9.97. The van der Waals surface area contributed by atoms with Gasteiger partial charge in [0.15, 0.2) is 23.7 Å². The van der Waals surface area contributed by atoms with Crippen LogP contribution in [0, 0.1) is 5.82 Å². The summed E-state index contributed by atoms with van der Waals surface area (Å²) in [5.41, 5.74) is 2.21. The van der Waals surface area contributed by atoms with Crippen LogP contribution in [0.3, 0.4) is 0 Å². The van der Waals surface area contributed by atoms with Gasteiger partial charge >= 0.3 is 11.9 Å². The maximum absolute atomic E-state index is 14.0. The number of aromatic nitrogens is 4. The molecular formula is C27H24FN5O8. The average molecular weight is 566 g/mol. The highest BCUT2D eigenvalue weighted by molar-refractivity contribution is 5.85. The molecule has 0 aliphatic carbocycles. The number of aliphatic hydroxyl groups excluding tert-OH is 2. The molecule has 13 nitrogen and oxygen atoms in total. The maximum Gasteiger partial charge on any atom is 0.335 e. The van der Waals surface area contributed by atoms with Crippen LogP contribution in [-0.4, -0.2) is 64.5 Å². The smallest absolute Gasteiger partial charge is 0.335 e. The van der Waals surface area contributed by atoms with Gasteiger partial charge in [0.25, 0.3) is 0 Å². The fourth-order valence-corrected chi connectivity index (χ4v) is 3.98. The largest absolute Gasteiger partial charge is 0.479 e. The number of rotatable bonds is 8. The van der Waals surface area contributed by atoms with Gasteiger partial charge in [-0.25, -0.2) is 28.9 Å². The summed E-state index contributed by atoms with van der Waals surface area (Å²) in [6.07, 6.45) is -0.978. The van der Waals surface area contributed by atoms with E-state index < -0.39 is 36.0 Å². The number of benzene rings is 2. The van der Waals surface area contributed by atoms with Gasteiger partial charge in [0, 0.05) is 0 Å². The number of halogens is 1. The van der Waals surface area contributed by atoms with Crippen molar-refractivity contribution in [3.8, 4) is 11.1 Å². The van der Waals surface area contributed by atoms with Gasteiger partial charge in [-0.15, -0.1) is 0 Å². The van der Waals surface area contributed by atoms with Gasteiger partial charge < -0.3 is 35.1 Å². The Morgan fingerprint density at radius 3 is 2.39 bits per heavy atom. The van der Waals surface area contributed by atoms with Gasteiger partial charge in [-0.05, 0) is 36.2 Å². The fourth-order valence-electron chi connectivity index (χ4n) is 3.98. The Hall–Kier alpha value is -5.21. The van der Waals surface area contributed by atoms with Crippen molar-refractivity contribution in [1.82, 2.24) is 19.9 Å². The summed E-state index contributed by atoms with van der Waals surface area (Å²) in [6.45, 7) is 1.96. The minimum Gasteiger partial charge on any atom is -0.479 e. The minimum atomic E-state index is -2.27. The molecule has 3 atom stereocenters. The molecule has 0 aliphatic heterocycles. The standard InChI is InChI=1S/C23H18FN5O2.C4H6O6/c1-2-16(29-23-19-22(26-11-25-19)27-12-28-23)21-18(13-6-5-7-14(24)10-13)20(30)15-8-3-4-9-17(15)31-21;5-1(3(7)8)2(6)4(9)10/h3-12,16H,2H2,1H3,(H2,25,26,27,28,29);1-2,5-6H,(H,7,8)(H,9,10)/t16-;1-,2-/m01/s1. The zero-order chi connectivity index (χ0) is 29.7. The number of anilines is 1. The number of nitrogens with zero attached hydrogens (tertiary/aromatic N) is 3. The van der Waals surface area contributed by atoms with E-state index in [4.69, 9.17) is 24.8 Å². The van der Waals surface area contributed by atoms with E-state index in [2.05, 4.69) is 25.3 Å². The van der Waals surface area contributed by atoms with Gasteiger partial charge in [-0.1, -0.05) is 31.2 Å². The molecule has 0 unspecified atom stereocenters. The molecule has 5 aromatic rings. The Kier molecular flexibility index (Phi) is 8.65. The van der Waals surface area contributed by atoms with E-state index in [1.165, 1.54) is 18.5 Å². The Labute approximate surface area is 230 Å². The molecule has 0 bridgehead atoms. The molecule has 3 heterocycles. The van der Waals surface area contributed by atoms with Crippen LogP contribution in [-0.2, 0) is 9.59 Å². The molecular weight excluding hydrogens is 541 g/mol. The molecule has 212 valence electrons. The normalized spacial score (nSPS) is 13.2. The third kappa shape index (κ3) is 6.18. The van der Waals surface area contributed by atoms with E-state index >= 15 is 0 Å². The number of hydrogen-bond acceptors (Lipinski definition) is 10. The number of imidazole rings is 1. The van der Waals surface area contributed by atoms with Crippen molar-refractivity contribution in [3.63, 3.8) is 0 Å². The molecule has 2 aromatic carbocycles. The third-order valence-corrected chi connectivity index (χ3v) is 6.00. The number of para-hydroxylation sites is 1. The summed E-state index contributed by atoms with van der Waals surface area (Å²) in [6, 6.07) is 12.6. The van der Waals surface area contributed by atoms with E-state index in [0.29, 0.717) is 51.3 Å². The minimum absolute atomic E-state index is 0.213. The number of fused-ring (bicyclic) bond motifs is 2. The molecule has 0 spiro atoms. The van der Waals surface area contributed by atoms with Crippen LogP contribution in [0.2, 0.25) is 0 Å². The van der Waals surface area contributed by atoms with Crippen LogP contribution in [0.15, 0.2) is 70.4 Å². The van der Waals surface area contributed by atoms with Gasteiger partial charge in [-0.3, -0.25) is 4.79 Å². The lowest BCUT2D eigenvalue weighted by Gasteiger charge is -2.20. The molecule has 0 fully saturated rings. The van der Waals surface area contributed by atoms with Crippen LogP contribution in [0.25, 0.3) is 33.3 Å². The molecule has 3 aromatic heterocycles. The molecule has 41 heavy (non-hydrogen) atoms. The van der Waals surface area contributed by atoms with Crippen molar-refractivity contribution >= 4 is 39.9 Å². The molecule has 0 amide bonds. The predicted molar refractivity (Wildman–Crippen MR) is 144 cm³/mol. The summed E-state index contributed by atoms with van der Waals surface area (Å²) in [5, 5.41) is 36.3. The monoisotopic (exact) mass is 565 g/mol. The Morgan fingerprint density at radius 1 is 1.02 bits per heavy atom. The first-order valence-electron chi connectivity index (χ1n) is 12.2. The number of aliphatic carboxylic acids is 2. The molecule has 14 heteroatoms. The molecule has 0 aliphatic rings. The van der Waals surface area contributed by atoms with Crippen molar-refractivity contribution in [1.29, 1.82) is 0 Å². The van der Waals surface area contributed by atoms with E-state index in [1.54, 1.807) is 36.7 Å². The van der Waals surface area contributed by atoms with Gasteiger partial charge in [0.1, 0.15) is 29.0 Å². The highest BCUT2D eigenvalue weighted by atomic mass is 19.1. The van der Waals surface area contributed by atoms with Crippen molar-refractivity contribution in [2.45, 2.75) is 31.6 Å². The number of nitrogens with one attached hydrogen (secondary N) is 2. The first-order valence-corrected chi connectivity index (χ1v) is 12.2. The van der Waals surface area contributed by atoms with Crippen LogP contribution < -0.4 is 10.7 Å². The SMILES string of the molecule is CC[C@H](Nc1ncnc2[nH]cnc12)c1oc2ccccc2c(=O)c1-c1cccc(F)c1.O=C(O)[C@H](O)[C@@H](O)C(=O)O. The number of carboxylic acid groups (broad SMARTS) is 2. The number of carboxylic acids is 2. The first-order chi connectivity index (χ1) is 19.6. The van der Waals surface area contributed by atoms with E-state index in [0.717, 1.165) is 0 Å². The van der Waals surface area contributed by atoms with Gasteiger partial charge in [0.2, 0.25) is 5.43 Å². The number of carbonyl (C=O) groups is 2. The highest BCUT2D eigenvalue weighted by Crippen LogP contribution is 2.33. The second kappa shape index (κ2) is 12.3. The van der Waals surface area contributed by atoms with Crippen molar-refractivity contribution < 1.29 is 38.8 Å². The number of aliphatic hydroxyl groups is 2. The first kappa shape index (κ1) is 28.8. The number of aromatic amines is 1. The zero-order valence-corrected chi connectivity index (χ0v) is 21.4. The highest BCUT2D eigenvalue weighted by Gasteiger charge is 2.29. The van der Waals surface area contributed by atoms with E-state index in [1.807, 2.05) is 13.0 Å². The predicted octanol–water partition coefficient (Wildman–Crippen LogP) is 2.71. The third-order valence-electron chi connectivity index (χ3n) is 6.00. The lowest BCUT2D eigenvalue weighted by Crippen LogP contribution is -2.39. The summed E-state index contributed by atoms with van der Waals surface area (Å²) >= 11 is 0. The van der Waals surface area contributed by atoms with Crippen LogP contribution >= 0.6 is 0 Å². The summed E-state index contributed by atoms with van der Waals surface area (Å²) in [5.74, 6) is -3.03. The topological polar surface area (TPSA) is 212 Å². The van der Waals surface area contributed by atoms with E-state index in [-0.39, 0.29) is 5.43 Å². The maximum atomic E-state index is 14.0. The van der Waals surface area contributed by atoms with Crippen molar-refractivity contribution in [2.75, 3.05) is 5.32 Å². The molecule has 5 rings (SSSR count). The van der Waals surface area contributed by atoms with Crippen LogP contribution in [0.1, 0.15) is 25.1 Å². The Morgan fingerprint density at radius 2 is 1.73 bits per heavy atom. The number of H-pyrrole nitrogens is 1. The second-order valence-corrected chi connectivity index (χ2v) is 8.67. The zero-order valence-electron chi connectivity index (χ0n) is 21.4. The van der Waals surface area contributed by atoms with Gasteiger partial charge in [0.05, 0.1) is 23.3 Å². The van der Waals surface area contributed by atoms with Crippen molar-refractivity contribution in [3.05, 3.63) is 83.0 Å².